The lowest BCUT2D eigenvalue weighted by Gasteiger charge is -2.24. The normalized spacial score (nSPS) is 19.1. The first kappa shape index (κ1) is 16.8. The number of hydrogen-bond acceptors (Lipinski definition) is 4. The molecule has 2 aliphatic heterocycles. The highest BCUT2D eigenvalue weighted by molar-refractivity contribution is 7.99. The van der Waals surface area contributed by atoms with Crippen LogP contribution in [0.1, 0.15) is 18.9 Å². The van der Waals surface area contributed by atoms with Gasteiger partial charge in [-0.15, -0.1) is 11.8 Å². The second-order valence-corrected chi connectivity index (χ2v) is 6.98. The molecular weight excluding hydrogens is 318 g/mol. The van der Waals surface area contributed by atoms with E-state index in [-0.39, 0.29) is 11.9 Å². The van der Waals surface area contributed by atoms with Crippen molar-refractivity contribution < 1.29 is 4.79 Å². The smallest absolute Gasteiger partial charge is 0.245 e. The van der Waals surface area contributed by atoms with E-state index in [0.29, 0.717) is 0 Å². The SMILES string of the molecule is CCc1ccccc1.CN1CCC(N2CSc3ccncc32)C1=O. The highest BCUT2D eigenvalue weighted by Crippen LogP contribution is 2.40. The molecule has 1 fully saturated rings. The maximum Gasteiger partial charge on any atom is 0.245 e. The van der Waals surface area contributed by atoms with Gasteiger partial charge in [-0.25, -0.2) is 0 Å². The highest BCUT2D eigenvalue weighted by Gasteiger charge is 2.37. The molecule has 4 rings (SSSR count). The number of carbonyl (C=O) groups excluding carboxylic acids is 1. The van der Waals surface area contributed by atoms with Gasteiger partial charge in [0.1, 0.15) is 6.04 Å². The van der Waals surface area contributed by atoms with E-state index in [0.717, 1.165) is 31.0 Å². The first-order valence-electron chi connectivity index (χ1n) is 8.33. The molecule has 5 heteroatoms. The molecule has 1 aromatic heterocycles. The number of fused-ring (bicyclic) bond motifs is 1. The molecule has 0 radical (unpaired) electrons. The molecule has 4 nitrogen and oxygen atoms in total. The van der Waals surface area contributed by atoms with Gasteiger partial charge >= 0.3 is 0 Å². The summed E-state index contributed by atoms with van der Waals surface area (Å²) in [6, 6.07) is 12.5. The summed E-state index contributed by atoms with van der Waals surface area (Å²) in [5.41, 5.74) is 2.52. The van der Waals surface area contributed by atoms with Gasteiger partial charge in [0.15, 0.2) is 0 Å². The third-order valence-corrected chi connectivity index (χ3v) is 5.52. The number of aromatic nitrogens is 1. The van der Waals surface area contributed by atoms with Crippen LogP contribution < -0.4 is 4.90 Å². The fourth-order valence-corrected chi connectivity index (χ4v) is 4.06. The van der Waals surface area contributed by atoms with E-state index in [1.165, 1.54) is 10.5 Å². The van der Waals surface area contributed by atoms with Crippen molar-refractivity contribution in [3.05, 3.63) is 54.4 Å². The van der Waals surface area contributed by atoms with Crippen LogP contribution in [0.4, 0.5) is 5.69 Å². The summed E-state index contributed by atoms with van der Waals surface area (Å²) in [4.78, 5) is 21.3. The van der Waals surface area contributed by atoms with Crippen molar-refractivity contribution in [3.8, 4) is 0 Å². The molecule has 0 bridgehead atoms. The number of aryl methyl sites for hydroxylation is 1. The number of benzene rings is 1. The van der Waals surface area contributed by atoms with Crippen LogP contribution in [0, 0.1) is 0 Å². The average molecular weight is 341 g/mol. The van der Waals surface area contributed by atoms with E-state index in [1.54, 1.807) is 18.0 Å². The number of likely N-dealkylation sites (N-methyl/N-ethyl adjacent to an activating group) is 1. The average Bonchev–Trinajstić information content (AvgIpc) is 3.20. The monoisotopic (exact) mass is 341 g/mol. The fraction of sp³-hybridized carbons (Fsp3) is 0.368. The highest BCUT2D eigenvalue weighted by atomic mass is 32.2. The summed E-state index contributed by atoms with van der Waals surface area (Å²) >= 11 is 1.78. The van der Waals surface area contributed by atoms with Gasteiger partial charge in [-0.05, 0) is 24.5 Å². The number of rotatable bonds is 2. The van der Waals surface area contributed by atoms with Crippen LogP contribution in [0.5, 0.6) is 0 Å². The van der Waals surface area contributed by atoms with Gasteiger partial charge in [0.2, 0.25) is 5.91 Å². The molecular formula is C19H23N3OS. The third-order valence-electron chi connectivity index (χ3n) is 4.46. The van der Waals surface area contributed by atoms with Crippen molar-refractivity contribution in [2.24, 2.45) is 0 Å². The molecule has 2 aliphatic rings. The Hall–Kier alpha value is -2.01. The minimum absolute atomic E-state index is 0.0166. The second kappa shape index (κ2) is 7.71. The lowest BCUT2D eigenvalue weighted by Crippen LogP contribution is -2.39. The summed E-state index contributed by atoms with van der Waals surface area (Å²) in [7, 11) is 1.87. The van der Waals surface area contributed by atoms with Crippen molar-refractivity contribution in [1.29, 1.82) is 0 Å². The zero-order valence-electron chi connectivity index (χ0n) is 14.2. The lowest BCUT2D eigenvalue weighted by molar-refractivity contribution is -0.127. The van der Waals surface area contributed by atoms with Crippen molar-refractivity contribution >= 4 is 23.4 Å². The molecule has 1 aromatic carbocycles. The molecule has 1 saturated heterocycles. The van der Waals surface area contributed by atoms with E-state index in [9.17, 15) is 4.79 Å². The number of hydrogen-bond donors (Lipinski definition) is 0. The van der Waals surface area contributed by atoms with Crippen LogP contribution in [0.15, 0.2) is 53.7 Å². The maximum atomic E-state index is 12.0. The van der Waals surface area contributed by atoms with Crippen LogP contribution in [0.3, 0.4) is 0 Å². The molecule has 1 amide bonds. The number of pyridine rings is 1. The molecule has 0 spiro atoms. The standard InChI is InChI=1S/C11H13N3OS.C8H10/c1-13-5-3-8(11(13)15)14-7-16-10-2-4-12-6-9(10)14;1-2-8-6-4-3-5-7-8/h2,4,6,8H,3,5,7H2,1H3;3-7H,2H2,1H3. The van der Waals surface area contributed by atoms with E-state index in [2.05, 4.69) is 41.1 Å². The maximum absolute atomic E-state index is 12.0. The van der Waals surface area contributed by atoms with Crippen LogP contribution in [0.25, 0.3) is 0 Å². The number of anilines is 1. The zero-order valence-corrected chi connectivity index (χ0v) is 15.0. The zero-order chi connectivity index (χ0) is 16.9. The Kier molecular flexibility index (Phi) is 5.41. The topological polar surface area (TPSA) is 36.4 Å². The first-order chi connectivity index (χ1) is 11.7. The predicted octanol–water partition coefficient (Wildman–Crippen LogP) is 3.43. The van der Waals surface area contributed by atoms with Crippen LogP contribution >= 0.6 is 11.8 Å². The quantitative estimate of drug-likeness (QED) is 0.838. The molecule has 0 N–H and O–H groups in total. The summed E-state index contributed by atoms with van der Waals surface area (Å²) in [6.07, 6.45) is 5.73. The molecule has 1 unspecified atom stereocenters. The van der Waals surface area contributed by atoms with Crippen molar-refractivity contribution in [3.63, 3.8) is 0 Å². The molecule has 3 heterocycles. The third kappa shape index (κ3) is 3.56. The Bertz CT molecular complexity index is 692. The van der Waals surface area contributed by atoms with Crippen LogP contribution in [-0.4, -0.2) is 41.3 Å². The Morgan fingerprint density at radius 3 is 2.67 bits per heavy atom. The van der Waals surface area contributed by atoms with Gasteiger partial charge in [-0.1, -0.05) is 37.3 Å². The van der Waals surface area contributed by atoms with Crippen LogP contribution in [0.2, 0.25) is 0 Å². The van der Waals surface area contributed by atoms with Gasteiger partial charge < -0.3 is 9.80 Å². The van der Waals surface area contributed by atoms with Gasteiger partial charge in [-0.3, -0.25) is 9.78 Å². The molecule has 0 aliphatic carbocycles. The number of likely N-dealkylation sites (tertiary alicyclic amines) is 1. The lowest BCUT2D eigenvalue weighted by atomic mass is 10.2. The second-order valence-electron chi connectivity index (χ2n) is 5.99. The molecule has 24 heavy (non-hydrogen) atoms. The van der Waals surface area contributed by atoms with Crippen molar-refractivity contribution in [1.82, 2.24) is 9.88 Å². The predicted molar refractivity (Wildman–Crippen MR) is 99.3 cm³/mol. The Morgan fingerprint density at radius 2 is 2.04 bits per heavy atom. The molecule has 2 aromatic rings. The minimum Gasteiger partial charge on any atom is -0.348 e. The number of thioether (sulfide) groups is 1. The Labute approximate surface area is 147 Å². The first-order valence-corrected chi connectivity index (χ1v) is 9.31. The molecule has 1 atom stereocenters. The van der Waals surface area contributed by atoms with E-state index in [1.807, 2.05) is 30.3 Å². The van der Waals surface area contributed by atoms with E-state index >= 15 is 0 Å². The Morgan fingerprint density at radius 1 is 1.25 bits per heavy atom. The number of carbonyl (C=O) groups is 1. The van der Waals surface area contributed by atoms with Gasteiger partial charge in [0, 0.05) is 24.7 Å². The fourth-order valence-electron chi connectivity index (χ4n) is 2.98. The van der Waals surface area contributed by atoms with Gasteiger partial charge in [0.25, 0.3) is 0 Å². The summed E-state index contributed by atoms with van der Waals surface area (Å²) in [5.74, 6) is 1.10. The minimum atomic E-state index is 0.0166. The summed E-state index contributed by atoms with van der Waals surface area (Å²) < 4.78 is 0. The van der Waals surface area contributed by atoms with Crippen molar-refractivity contribution in [2.45, 2.75) is 30.7 Å². The largest absolute Gasteiger partial charge is 0.348 e. The summed E-state index contributed by atoms with van der Waals surface area (Å²) in [6.45, 7) is 3.02. The number of nitrogens with zero attached hydrogens (tertiary/aromatic N) is 3. The Balaban J connectivity index is 0.000000179. The van der Waals surface area contributed by atoms with Crippen LogP contribution in [-0.2, 0) is 11.2 Å². The number of amides is 1. The van der Waals surface area contributed by atoms with Crippen molar-refractivity contribution in [2.75, 3.05) is 24.4 Å². The van der Waals surface area contributed by atoms with Gasteiger partial charge in [0.05, 0.1) is 17.8 Å². The van der Waals surface area contributed by atoms with E-state index < -0.39 is 0 Å². The summed E-state index contributed by atoms with van der Waals surface area (Å²) in [5, 5.41) is 0. The molecule has 0 saturated carbocycles. The van der Waals surface area contributed by atoms with Gasteiger partial charge in [-0.2, -0.15) is 0 Å². The van der Waals surface area contributed by atoms with E-state index in [4.69, 9.17) is 0 Å². The molecule has 126 valence electrons.